The lowest BCUT2D eigenvalue weighted by Gasteiger charge is -2.31. The van der Waals surface area contributed by atoms with Crippen molar-refractivity contribution in [2.24, 2.45) is 0 Å². The van der Waals surface area contributed by atoms with Crippen molar-refractivity contribution in [1.82, 2.24) is 15.3 Å². The van der Waals surface area contributed by atoms with E-state index in [0.717, 1.165) is 53.8 Å². The van der Waals surface area contributed by atoms with Crippen LogP contribution in [0.3, 0.4) is 0 Å². The lowest BCUT2D eigenvalue weighted by atomic mass is 9.87. The van der Waals surface area contributed by atoms with E-state index in [2.05, 4.69) is 28.3 Å². The van der Waals surface area contributed by atoms with E-state index in [1.54, 1.807) is 12.1 Å². The molecule has 0 saturated heterocycles. The van der Waals surface area contributed by atoms with Gasteiger partial charge in [0.15, 0.2) is 5.82 Å². The Bertz CT molecular complexity index is 915. The number of aryl methyl sites for hydroxylation is 1. The molecule has 0 bridgehead atoms. The molecule has 138 valence electrons. The van der Waals surface area contributed by atoms with Crippen LogP contribution in [0, 0.1) is 12.7 Å². The van der Waals surface area contributed by atoms with Crippen molar-refractivity contribution < 1.29 is 4.39 Å². The largest absolute Gasteiger partial charge is 0.303 e. The smallest absolute Gasteiger partial charge is 0.159 e. The maximum atomic E-state index is 14.4. The Hall–Kier alpha value is -2.59. The average molecular weight is 361 g/mol. The van der Waals surface area contributed by atoms with Gasteiger partial charge in [-0.25, -0.2) is 14.4 Å². The van der Waals surface area contributed by atoms with Crippen molar-refractivity contribution >= 4 is 0 Å². The highest BCUT2D eigenvalue weighted by molar-refractivity contribution is 5.59. The van der Waals surface area contributed by atoms with Crippen LogP contribution in [-0.4, -0.2) is 9.97 Å². The van der Waals surface area contributed by atoms with Crippen LogP contribution >= 0.6 is 0 Å². The molecule has 1 heterocycles. The van der Waals surface area contributed by atoms with Crippen molar-refractivity contribution in [3.63, 3.8) is 0 Å². The van der Waals surface area contributed by atoms with E-state index in [4.69, 9.17) is 0 Å². The molecule has 1 saturated carbocycles. The summed E-state index contributed by atoms with van der Waals surface area (Å²) < 4.78 is 14.4. The second-order valence-electron chi connectivity index (χ2n) is 7.35. The lowest BCUT2D eigenvalue weighted by Crippen LogP contribution is -2.40. The third-order valence-corrected chi connectivity index (χ3v) is 5.57. The molecule has 1 aromatic heterocycles. The zero-order valence-corrected chi connectivity index (χ0v) is 15.6. The molecule has 3 nitrogen and oxygen atoms in total. The summed E-state index contributed by atoms with van der Waals surface area (Å²) in [7, 11) is 0. The summed E-state index contributed by atoms with van der Waals surface area (Å²) in [6.07, 6.45) is 7.87. The van der Waals surface area contributed by atoms with Crippen LogP contribution in [0.2, 0.25) is 0 Å². The Balaban J connectivity index is 1.52. The van der Waals surface area contributed by atoms with Crippen molar-refractivity contribution in [3.8, 4) is 11.4 Å². The van der Waals surface area contributed by atoms with Crippen LogP contribution in [-0.2, 0) is 12.1 Å². The first-order valence-corrected chi connectivity index (χ1v) is 9.55. The standard InChI is InChI=1S/C23H24FN3/c1-17-8-2-3-9-19(17)22-25-14-18(15-26-22)16-27-23(12-6-7-13-23)20-10-4-5-11-21(20)24/h2-5,8-11,14-15,27H,6-7,12-13,16H2,1H3. The second kappa shape index (κ2) is 7.57. The van der Waals surface area contributed by atoms with Gasteiger partial charge in [0.05, 0.1) is 0 Å². The molecule has 1 aliphatic carbocycles. The van der Waals surface area contributed by atoms with Crippen LogP contribution in [0.15, 0.2) is 60.9 Å². The number of nitrogens with one attached hydrogen (secondary N) is 1. The molecule has 27 heavy (non-hydrogen) atoms. The summed E-state index contributed by atoms with van der Waals surface area (Å²) >= 11 is 0. The van der Waals surface area contributed by atoms with Gasteiger partial charge < -0.3 is 5.32 Å². The average Bonchev–Trinajstić information content (AvgIpc) is 3.18. The minimum Gasteiger partial charge on any atom is -0.303 e. The SMILES string of the molecule is Cc1ccccc1-c1ncc(CNC2(c3ccccc3F)CCCC2)cn1. The van der Waals surface area contributed by atoms with Gasteiger partial charge in [0.2, 0.25) is 0 Å². The Labute approximate surface area is 159 Å². The molecule has 4 heteroatoms. The molecule has 4 rings (SSSR count). The van der Waals surface area contributed by atoms with Gasteiger partial charge in [0.1, 0.15) is 5.82 Å². The summed E-state index contributed by atoms with van der Waals surface area (Å²) in [5, 5.41) is 3.62. The van der Waals surface area contributed by atoms with Gasteiger partial charge in [-0.05, 0) is 31.4 Å². The second-order valence-corrected chi connectivity index (χ2v) is 7.35. The van der Waals surface area contributed by atoms with E-state index in [1.807, 2.05) is 42.7 Å². The fourth-order valence-corrected chi connectivity index (χ4v) is 4.05. The molecular formula is C23H24FN3. The summed E-state index contributed by atoms with van der Waals surface area (Å²) in [4.78, 5) is 9.09. The zero-order chi connectivity index (χ0) is 18.7. The molecule has 0 spiro atoms. The summed E-state index contributed by atoms with van der Waals surface area (Å²) in [5.41, 5.74) is 3.71. The maximum absolute atomic E-state index is 14.4. The van der Waals surface area contributed by atoms with E-state index < -0.39 is 0 Å². The molecule has 1 aliphatic rings. The molecule has 0 amide bonds. The highest BCUT2D eigenvalue weighted by atomic mass is 19.1. The van der Waals surface area contributed by atoms with Crippen LogP contribution < -0.4 is 5.32 Å². The normalized spacial score (nSPS) is 15.8. The summed E-state index contributed by atoms with van der Waals surface area (Å²) in [5.74, 6) is 0.611. The predicted molar refractivity (Wildman–Crippen MR) is 106 cm³/mol. The Morgan fingerprint density at radius 3 is 2.33 bits per heavy atom. The highest BCUT2D eigenvalue weighted by Gasteiger charge is 2.36. The van der Waals surface area contributed by atoms with E-state index >= 15 is 0 Å². The molecule has 0 unspecified atom stereocenters. The van der Waals surface area contributed by atoms with Gasteiger partial charge in [-0.3, -0.25) is 0 Å². The minimum absolute atomic E-state index is 0.127. The first-order valence-electron chi connectivity index (χ1n) is 9.55. The number of hydrogen-bond acceptors (Lipinski definition) is 3. The fourth-order valence-electron chi connectivity index (χ4n) is 4.05. The van der Waals surface area contributed by atoms with Crippen LogP contribution in [0.1, 0.15) is 42.4 Å². The Kier molecular flexibility index (Phi) is 4.99. The van der Waals surface area contributed by atoms with Gasteiger partial charge in [0, 0.05) is 41.2 Å². The molecule has 1 fully saturated rings. The quantitative estimate of drug-likeness (QED) is 0.683. The summed E-state index contributed by atoms with van der Waals surface area (Å²) in [6.45, 7) is 2.69. The first kappa shape index (κ1) is 17.8. The van der Waals surface area contributed by atoms with E-state index in [0.29, 0.717) is 6.54 Å². The van der Waals surface area contributed by atoms with Crippen molar-refractivity contribution in [3.05, 3.63) is 83.4 Å². The van der Waals surface area contributed by atoms with Gasteiger partial charge in [-0.1, -0.05) is 55.3 Å². The number of aromatic nitrogens is 2. The van der Waals surface area contributed by atoms with Gasteiger partial charge in [-0.15, -0.1) is 0 Å². The predicted octanol–water partition coefficient (Wildman–Crippen LogP) is 5.15. The molecule has 0 aliphatic heterocycles. The van der Waals surface area contributed by atoms with E-state index in [-0.39, 0.29) is 11.4 Å². The van der Waals surface area contributed by atoms with Gasteiger partial charge in [0.25, 0.3) is 0 Å². The van der Waals surface area contributed by atoms with Crippen molar-refractivity contribution in [1.29, 1.82) is 0 Å². The monoisotopic (exact) mass is 361 g/mol. The number of hydrogen-bond donors (Lipinski definition) is 1. The molecule has 1 N–H and O–H groups in total. The Morgan fingerprint density at radius 1 is 0.963 bits per heavy atom. The number of halogens is 1. The molecule has 2 aromatic carbocycles. The first-order chi connectivity index (χ1) is 13.2. The Morgan fingerprint density at radius 2 is 1.63 bits per heavy atom. The third kappa shape index (κ3) is 3.62. The van der Waals surface area contributed by atoms with Crippen molar-refractivity contribution in [2.45, 2.75) is 44.7 Å². The number of benzene rings is 2. The van der Waals surface area contributed by atoms with Crippen LogP contribution in [0.25, 0.3) is 11.4 Å². The molecule has 0 radical (unpaired) electrons. The number of nitrogens with zero attached hydrogens (tertiary/aromatic N) is 2. The van der Waals surface area contributed by atoms with Crippen molar-refractivity contribution in [2.75, 3.05) is 0 Å². The minimum atomic E-state index is -0.292. The van der Waals surface area contributed by atoms with Gasteiger partial charge >= 0.3 is 0 Å². The van der Waals surface area contributed by atoms with Crippen LogP contribution in [0.4, 0.5) is 4.39 Å². The highest BCUT2D eigenvalue weighted by Crippen LogP contribution is 2.40. The van der Waals surface area contributed by atoms with Gasteiger partial charge in [-0.2, -0.15) is 0 Å². The lowest BCUT2D eigenvalue weighted by molar-refractivity contribution is 0.325. The number of rotatable bonds is 5. The van der Waals surface area contributed by atoms with E-state index in [9.17, 15) is 4.39 Å². The summed E-state index contributed by atoms with van der Waals surface area (Å²) in [6, 6.07) is 15.2. The fraction of sp³-hybridized carbons (Fsp3) is 0.304. The third-order valence-electron chi connectivity index (χ3n) is 5.57. The molecular weight excluding hydrogens is 337 g/mol. The molecule has 0 atom stereocenters. The topological polar surface area (TPSA) is 37.8 Å². The van der Waals surface area contributed by atoms with E-state index in [1.165, 1.54) is 0 Å². The maximum Gasteiger partial charge on any atom is 0.159 e. The zero-order valence-electron chi connectivity index (χ0n) is 15.6. The molecule has 3 aromatic rings. The van der Waals surface area contributed by atoms with Crippen LogP contribution in [0.5, 0.6) is 0 Å².